The molecule has 0 fully saturated rings. The number of hydrogen-bond acceptors (Lipinski definition) is 5. The molecule has 1 amide bonds. The number of carbonyl (C=O) groups excluding carboxylic acids is 1. The van der Waals surface area contributed by atoms with E-state index >= 15 is 0 Å². The molecule has 1 aromatic carbocycles. The maximum atomic E-state index is 12.7. The van der Waals surface area contributed by atoms with Crippen LogP contribution in [0.3, 0.4) is 0 Å². The Kier molecular flexibility index (Phi) is 5.97. The van der Waals surface area contributed by atoms with Crippen molar-refractivity contribution in [3.63, 3.8) is 0 Å². The first-order chi connectivity index (χ1) is 12.7. The van der Waals surface area contributed by atoms with Gasteiger partial charge in [-0.2, -0.15) is 0 Å². The van der Waals surface area contributed by atoms with Crippen molar-refractivity contribution in [2.75, 3.05) is 10.0 Å². The molecule has 5 nitrogen and oxygen atoms in total. The van der Waals surface area contributed by atoms with Crippen molar-refractivity contribution >= 4 is 77.5 Å². The van der Waals surface area contributed by atoms with Crippen LogP contribution in [0.1, 0.15) is 11.8 Å². The molecular weight excluding hydrogens is 492 g/mol. The summed E-state index contributed by atoms with van der Waals surface area (Å²) < 4.78 is 29.1. The number of carbonyl (C=O) groups is 1. The first kappa shape index (κ1) is 20.3. The number of thiophene rings is 2. The zero-order chi connectivity index (χ0) is 19.8. The normalized spacial score (nSPS) is 11.4. The summed E-state index contributed by atoms with van der Waals surface area (Å²) in [6.45, 7) is 3.37. The minimum absolute atomic E-state index is 0.134. The third-order valence-electron chi connectivity index (χ3n) is 3.60. The molecule has 0 aliphatic heterocycles. The van der Waals surface area contributed by atoms with Crippen molar-refractivity contribution in [2.24, 2.45) is 0 Å². The molecule has 3 rings (SSSR count). The summed E-state index contributed by atoms with van der Waals surface area (Å²) in [7, 11) is -3.75. The molecular formula is C17H14BrClN2O3S3. The van der Waals surface area contributed by atoms with Gasteiger partial charge in [0.2, 0.25) is 5.91 Å². The molecule has 0 saturated heterocycles. The summed E-state index contributed by atoms with van der Waals surface area (Å²) in [6.07, 6.45) is 0. The van der Waals surface area contributed by atoms with Crippen LogP contribution in [0.5, 0.6) is 0 Å². The Labute approximate surface area is 178 Å². The zero-order valence-electron chi connectivity index (χ0n) is 14.2. The van der Waals surface area contributed by atoms with Gasteiger partial charge in [-0.1, -0.05) is 23.7 Å². The molecule has 27 heavy (non-hydrogen) atoms. The molecule has 0 bridgehead atoms. The van der Waals surface area contributed by atoms with Gasteiger partial charge in [0, 0.05) is 32.9 Å². The summed E-state index contributed by atoms with van der Waals surface area (Å²) >= 11 is 11.6. The first-order valence-corrected chi connectivity index (χ1v) is 12.0. The third-order valence-corrected chi connectivity index (χ3v) is 8.83. The van der Waals surface area contributed by atoms with Gasteiger partial charge in [0.25, 0.3) is 10.0 Å². The van der Waals surface area contributed by atoms with E-state index < -0.39 is 10.0 Å². The monoisotopic (exact) mass is 504 g/mol. The molecule has 0 radical (unpaired) electrons. The van der Waals surface area contributed by atoms with Crippen LogP contribution in [0.25, 0.3) is 11.1 Å². The average Bonchev–Trinajstić information content (AvgIpc) is 3.11. The number of anilines is 2. The second-order valence-corrected chi connectivity index (χ2v) is 11.1. The van der Waals surface area contributed by atoms with Gasteiger partial charge in [0.15, 0.2) is 0 Å². The van der Waals surface area contributed by atoms with Crippen molar-refractivity contribution in [3.05, 3.63) is 49.4 Å². The zero-order valence-corrected chi connectivity index (χ0v) is 19.0. The minimum atomic E-state index is -3.75. The van der Waals surface area contributed by atoms with Crippen LogP contribution >= 0.6 is 50.2 Å². The third kappa shape index (κ3) is 4.55. The molecule has 10 heteroatoms. The molecule has 2 aromatic heterocycles. The van der Waals surface area contributed by atoms with Gasteiger partial charge in [-0.3, -0.25) is 9.52 Å². The van der Waals surface area contributed by atoms with Gasteiger partial charge >= 0.3 is 0 Å². The number of rotatable bonds is 5. The highest BCUT2D eigenvalue weighted by atomic mass is 79.9. The topological polar surface area (TPSA) is 75.3 Å². The highest BCUT2D eigenvalue weighted by Gasteiger charge is 2.22. The number of halogens is 2. The average molecular weight is 506 g/mol. The summed E-state index contributed by atoms with van der Waals surface area (Å²) in [6, 6.07) is 8.73. The summed E-state index contributed by atoms with van der Waals surface area (Å²) in [4.78, 5) is 12.1. The van der Waals surface area contributed by atoms with Gasteiger partial charge in [-0.05, 0) is 46.6 Å². The van der Waals surface area contributed by atoms with Crippen LogP contribution in [-0.2, 0) is 14.8 Å². The van der Waals surface area contributed by atoms with Crippen LogP contribution in [0.2, 0.25) is 4.34 Å². The molecule has 2 heterocycles. The maximum Gasteiger partial charge on any atom is 0.271 e. The van der Waals surface area contributed by atoms with Crippen LogP contribution in [0.15, 0.2) is 44.4 Å². The second-order valence-electron chi connectivity index (χ2n) is 5.63. The van der Waals surface area contributed by atoms with Crippen molar-refractivity contribution < 1.29 is 13.2 Å². The Morgan fingerprint density at radius 2 is 1.89 bits per heavy atom. The summed E-state index contributed by atoms with van der Waals surface area (Å²) in [5.41, 5.74) is 2.84. The second kappa shape index (κ2) is 7.92. The van der Waals surface area contributed by atoms with Crippen LogP contribution in [0, 0.1) is 6.92 Å². The Balaban J connectivity index is 1.94. The lowest BCUT2D eigenvalue weighted by atomic mass is 10.1. The van der Waals surface area contributed by atoms with E-state index in [1.54, 1.807) is 17.5 Å². The van der Waals surface area contributed by atoms with Gasteiger partial charge in [0.05, 0.1) is 5.69 Å². The predicted molar refractivity (Wildman–Crippen MR) is 117 cm³/mol. The quantitative estimate of drug-likeness (QED) is 0.449. The smallest absolute Gasteiger partial charge is 0.271 e. The number of hydrogen-bond donors (Lipinski definition) is 2. The van der Waals surface area contributed by atoms with E-state index in [1.807, 2.05) is 19.1 Å². The molecule has 0 atom stereocenters. The maximum absolute atomic E-state index is 12.7. The molecule has 0 aliphatic rings. The van der Waals surface area contributed by atoms with Crippen molar-refractivity contribution in [2.45, 2.75) is 18.1 Å². The van der Waals surface area contributed by atoms with Gasteiger partial charge < -0.3 is 5.32 Å². The fraction of sp³-hybridized carbons (Fsp3) is 0.118. The highest BCUT2D eigenvalue weighted by Crippen LogP contribution is 2.40. The van der Waals surface area contributed by atoms with E-state index in [0.29, 0.717) is 20.2 Å². The molecule has 0 aliphatic carbocycles. The largest absolute Gasteiger partial charge is 0.326 e. The van der Waals surface area contributed by atoms with E-state index in [0.717, 1.165) is 27.3 Å². The van der Waals surface area contributed by atoms with Crippen molar-refractivity contribution in [3.8, 4) is 11.1 Å². The lowest BCUT2D eigenvalue weighted by Crippen LogP contribution is -2.11. The molecule has 3 aromatic rings. The Bertz CT molecular complexity index is 1090. The molecule has 0 spiro atoms. The molecule has 0 unspecified atom stereocenters. The summed E-state index contributed by atoms with van der Waals surface area (Å²) in [5.74, 6) is -0.149. The fourth-order valence-corrected chi connectivity index (χ4v) is 6.72. The predicted octanol–water partition coefficient (Wildman–Crippen LogP) is 5.96. The van der Waals surface area contributed by atoms with Gasteiger partial charge in [-0.25, -0.2) is 8.42 Å². The summed E-state index contributed by atoms with van der Waals surface area (Å²) in [5, 5.41) is 4.48. The number of sulfonamides is 1. The number of benzene rings is 1. The first-order valence-electron chi connectivity index (χ1n) is 7.61. The van der Waals surface area contributed by atoms with Crippen molar-refractivity contribution in [1.82, 2.24) is 0 Å². The molecule has 2 N–H and O–H groups in total. The standard InChI is InChI=1S/C17H14BrClN2O3S3/c1-9-16(11-3-5-12(6-4-11)20-10(2)22)14(8-25-9)21-27(23,24)15-7-13(18)17(19)26-15/h3-8,21H,1-2H3,(H,20,22). The Morgan fingerprint density at radius 3 is 2.44 bits per heavy atom. The minimum Gasteiger partial charge on any atom is -0.326 e. The van der Waals surface area contributed by atoms with Gasteiger partial charge in [0.1, 0.15) is 8.55 Å². The van der Waals surface area contributed by atoms with E-state index in [2.05, 4.69) is 26.0 Å². The van der Waals surface area contributed by atoms with Crippen molar-refractivity contribution in [1.29, 1.82) is 0 Å². The highest BCUT2D eigenvalue weighted by molar-refractivity contribution is 9.10. The fourth-order valence-electron chi connectivity index (χ4n) is 2.47. The van der Waals surface area contributed by atoms with Crippen LogP contribution in [-0.4, -0.2) is 14.3 Å². The van der Waals surface area contributed by atoms with E-state index in [-0.39, 0.29) is 10.1 Å². The van der Waals surface area contributed by atoms with Gasteiger partial charge in [-0.15, -0.1) is 22.7 Å². The SMILES string of the molecule is CC(=O)Nc1ccc(-c2c(NS(=O)(=O)c3cc(Br)c(Cl)s3)csc2C)cc1. The van der Waals surface area contributed by atoms with E-state index in [9.17, 15) is 13.2 Å². The lowest BCUT2D eigenvalue weighted by molar-refractivity contribution is -0.114. The van der Waals surface area contributed by atoms with E-state index in [4.69, 9.17) is 11.6 Å². The van der Waals surface area contributed by atoms with E-state index in [1.165, 1.54) is 24.3 Å². The Morgan fingerprint density at radius 1 is 1.22 bits per heavy atom. The molecule has 142 valence electrons. The lowest BCUT2D eigenvalue weighted by Gasteiger charge is -2.10. The van der Waals surface area contributed by atoms with Crippen LogP contribution in [0.4, 0.5) is 11.4 Å². The molecule has 0 saturated carbocycles. The Hall–Kier alpha value is -1.39. The number of aryl methyl sites for hydroxylation is 1. The number of amides is 1. The van der Waals surface area contributed by atoms with Crippen LogP contribution < -0.4 is 10.0 Å². The number of nitrogens with one attached hydrogen (secondary N) is 2.